The molecule has 0 saturated carbocycles. The van der Waals surface area contributed by atoms with E-state index in [9.17, 15) is 9.59 Å². The number of methoxy groups -OCH3 is 1. The summed E-state index contributed by atoms with van der Waals surface area (Å²) in [6, 6.07) is 16.6. The summed E-state index contributed by atoms with van der Waals surface area (Å²) in [6.07, 6.45) is 8.44. The Morgan fingerprint density at radius 2 is 1.89 bits per heavy atom. The van der Waals surface area contributed by atoms with Crippen LogP contribution in [0.2, 0.25) is 0 Å². The lowest BCUT2D eigenvalue weighted by atomic mass is 9.98. The van der Waals surface area contributed by atoms with Crippen LogP contribution in [0.25, 0.3) is 11.3 Å². The number of carbonyl (C=O) groups excluding carboxylic acids is 1. The first kappa shape index (κ1) is 26.1. The lowest BCUT2D eigenvalue weighted by Gasteiger charge is -2.11. The molecule has 3 rings (SSSR count). The molecule has 3 aromatic rings. The van der Waals surface area contributed by atoms with Gasteiger partial charge < -0.3 is 10.1 Å². The first-order valence-corrected chi connectivity index (χ1v) is 11.6. The lowest BCUT2D eigenvalue weighted by Crippen LogP contribution is -2.17. The van der Waals surface area contributed by atoms with Crippen LogP contribution in [0.3, 0.4) is 0 Å². The van der Waals surface area contributed by atoms with Gasteiger partial charge in [0.2, 0.25) is 5.91 Å². The number of aromatic amines is 1. The number of anilines is 1. The molecule has 0 fully saturated rings. The summed E-state index contributed by atoms with van der Waals surface area (Å²) >= 11 is 0. The number of benzene rings is 2. The molecule has 1 aromatic heterocycles. The topological polar surface area (TPSA) is 76.1 Å². The van der Waals surface area contributed by atoms with Crippen molar-refractivity contribution in [1.82, 2.24) is 9.78 Å². The number of aromatic nitrogens is 2. The summed E-state index contributed by atoms with van der Waals surface area (Å²) in [5, 5.41) is 6.20. The fraction of sp³-hybridized carbons (Fsp3) is 0.167. The molecule has 36 heavy (non-hydrogen) atoms. The van der Waals surface area contributed by atoms with E-state index >= 15 is 0 Å². The van der Waals surface area contributed by atoms with E-state index in [1.54, 1.807) is 49.6 Å². The molecule has 0 aliphatic carbocycles. The minimum Gasteiger partial charge on any atom is -0.497 e. The number of nitrogens with one attached hydrogen (secondary N) is 2. The van der Waals surface area contributed by atoms with Crippen molar-refractivity contribution < 1.29 is 9.53 Å². The minimum atomic E-state index is -0.166. The van der Waals surface area contributed by atoms with Crippen molar-refractivity contribution in [3.8, 4) is 11.4 Å². The average Bonchev–Trinajstić information content (AvgIpc) is 3.21. The van der Waals surface area contributed by atoms with Gasteiger partial charge in [-0.15, -0.1) is 12.3 Å². The number of carbonyl (C=O) groups is 1. The van der Waals surface area contributed by atoms with Crippen LogP contribution in [0.1, 0.15) is 31.0 Å². The average molecular weight is 482 g/mol. The van der Waals surface area contributed by atoms with Gasteiger partial charge in [-0.2, -0.15) is 0 Å². The summed E-state index contributed by atoms with van der Waals surface area (Å²) < 4.78 is 6.71. The van der Waals surface area contributed by atoms with Crippen molar-refractivity contribution >= 4 is 17.2 Å². The number of para-hydroxylation sites is 1. The van der Waals surface area contributed by atoms with Gasteiger partial charge in [0.25, 0.3) is 5.56 Å². The van der Waals surface area contributed by atoms with Crippen molar-refractivity contribution in [3.05, 3.63) is 125 Å². The standard InChI is InChI=1S/C30H31N3O3/c1-5-7-10-16-26(22(3)21-28(34)31-23-17-19-25(36-4)20-18-23)29-27(15-8-6-2)30(35)33(32-29)24-13-11-9-12-14-24/h6-7,9-14,16-20,32H,1-2,8,15,21H2,3-4H3,(H,31,34)/b16-10-,26-22-. The highest BCUT2D eigenvalue weighted by molar-refractivity contribution is 5.94. The Labute approximate surface area is 211 Å². The molecule has 184 valence electrons. The molecular weight excluding hydrogens is 450 g/mol. The maximum atomic E-state index is 13.4. The number of allylic oxidation sites excluding steroid dienone is 5. The Balaban J connectivity index is 2.03. The van der Waals surface area contributed by atoms with Gasteiger partial charge in [0, 0.05) is 17.7 Å². The summed E-state index contributed by atoms with van der Waals surface area (Å²) in [4.78, 5) is 26.3. The van der Waals surface area contributed by atoms with Crippen molar-refractivity contribution in [1.29, 1.82) is 0 Å². The van der Waals surface area contributed by atoms with Crippen molar-refractivity contribution in [3.63, 3.8) is 0 Å². The van der Waals surface area contributed by atoms with Gasteiger partial charge in [0.1, 0.15) is 5.75 Å². The van der Waals surface area contributed by atoms with Crippen molar-refractivity contribution in [2.45, 2.75) is 26.2 Å². The van der Waals surface area contributed by atoms with E-state index < -0.39 is 0 Å². The SMILES string of the molecule is C=C=C/C=C\C(=C(/C)CC(=O)Nc1ccc(OC)cc1)c1[nH]n(-c2ccccc2)c(=O)c1CCC=C. The Morgan fingerprint density at radius 1 is 1.17 bits per heavy atom. The maximum absolute atomic E-state index is 13.4. The fourth-order valence-electron chi connectivity index (χ4n) is 3.80. The molecule has 0 radical (unpaired) electrons. The summed E-state index contributed by atoms with van der Waals surface area (Å²) in [5.74, 6) is 0.547. The highest BCUT2D eigenvalue weighted by Gasteiger charge is 2.19. The fourth-order valence-corrected chi connectivity index (χ4v) is 3.80. The third kappa shape index (κ3) is 6.53. The van der Waals surface area contributed by atoms with Crippen LogP contribution in [-0.4, -0.2) is 22.8 Å². The van der Waals surface area contributed by atoms with Gasteiger partial charge in [-0.05, 0) is 67.8 Å². The monoisotopic (exact) mass is 481 g/mol. The van der Waals surface area contributed by atoms with Crippen LogP contribution < -0.4 is 15.6 Å². The van der Waals surface area contributed by atoms with Crippen molar-refractivity contribution in [2.24, 2.45) is 0 Å². The van der Waals surface area contributed by atoms with Crippen LogP contribution >= 0.6 is 0 Å². The Morgan fingerprint density at radius 3 is 2.53 bits per heavy atom. The van der Waals surface area contributed by atoms with Gasteiger partial charge in [-0.25, -0.2) is 4.68 Å². The van der Waals surface area contributed by atoms with Crippen molar-refractivity contribution in [2.75, 3.05) is 12.4 Å². The molecule has 1 heterocycles. The molecule has 2 aromatic carbocycles. The molecule has 0 unspecified atom stereocenters. The van der Waals surface area contributed by atoms with Crippen LogP contribution in [0, 0.1) is 0 Å². The van der Waals surface area contributed by atoms with Crippen LogP contribution in [0.15, 0.2) is 108 Å². The van der Waals surface area contributed by atoms with Crippen LogP contribution in [0.4, 0.5) is 5.69 Å². The normalized spacial score (nSPS) is 11.5. The van der Waals surface area contributed by atoms with Gasteiger partial charge in [0.05, 0.1) is 18.5 Å². The number of hydrogen-bond acceptors (Lipinski definition) is 3. The lowest BCUT2D eigenvalue weighted by molar-refractivity contribution is -0.115. The molecule has 6 heteroatoms. The van der Waals surface area contributed by atoms with E-state index in [2.05, 4.69) is 29.3 Å². The summed E-state index contributed by atoms with van der Waals surface area (Å²) in [6.45, 7) is 9.30. The van der Waals surface area contributed by atoms with E-state index in [0.717, 1.165) is 16.8 Å². The minimum absolute atomic E-state index is 0.126. The third-order valence-electron chi connectivity index (χ3n) is 5.61. The number of nitrogens with zero attached hydrogens (tertiary/aromatic N) is 1. The molecular formula is C30H31N3O3. The van der Waals surface area contributed by atoms with Gasteiger partial charge in [-0.3, -0.25) is 14.7 Å². The number of amides is 1. The molecule has 0 bridgehead atoms. The molecule has 0 saturated heterocycles. The first-order valence-electron chi connectivity index (χ1n) is 11.6. The molecule has 0 aliphatic rings. The Hall–Kier alpha value is -4.54. The molecule has 2 N–H and O–H groups in total. The second kappa shape index (κ2) is 12.8. The van der Waals surface area contributed by atoms with E-state index in [0.29, 0.717) is 35.5 Å². The molecule has 6 nitrogen and oxygen atoms in total. The Bertz CT molecular complexity index is 1370. The van der Waals surface area contributed by atoms with Crippen LogP contribution in [0.5, 0.6) is 5.75 Å². The van der Waals surface area contributed by atoms with E-state index in [-0.39, 0.29) is 17.9 Å². The number of rotatable bonds is 11. The van der Waals surface area contributed by atoms with Gasteiger partial charge >= 0.3 is 0 Å². The van der Waals surface area contributed by atoms with E-state index in [1.165, 1.54) is 4.68 Å². The predicted octanol–water partition coefficient (Wildman–Crippen LogP) is 5.99. The zero-order valence-corrected chi connectivity index (χ0v) is 20.7. The smallest absolute Gasteiger partial charge is 0.275 e. The predicted molar refractivity (Wildman–Crippen MR) is 147 cm³/mol. The molecule has 0 spiro atoms. The highest BCUT2D eigenvalue weighted by atomic mass is 16.5. The summed E-state index contributed by atoms with van der Waals surface area (Å²) in [7, 11) is 1.59. The molecule has 1 amide bonds. The largest absolute Gasteiger partial charge is 0.497 e. The van der Waals surface area contributed by atoms with Crippen LogP contribution in [-0.2, 0) is 11.2 Å². The highest BCUT2D eigenvalue weighted by Crippen LogP contribution is 2.25. The van der Waals surface area contributed by atoms with E-state index in [4.69, 9.17) is 4.74 Å². The number of hydrogen-bond donors (Lipinski definition) is 2. The second-order valence-corrected chi connectivity index (χ2v) is 8.15. The zero-order chi connectivity index (χ0) is 25.9. The number of H-pyrrole nitrogens is 1. The Kier molecular flexibility index (Phi) is 9.26. The third-order valence-corrected chi connectivity index (χ3v) is 5.61. The zero-order valence-electron chi connectivity index (χ0n) is 20.7. The summed E-state index contributed by atoms with van der Waals surface area (Å²) in [5.41, 5.74) is 6.88. The first-order chi connectivity index (χ1) is 17.5. The second-order valence-electron chi connectivity index (χ2n) is 8.15. The molecule has 0 aliphatic heterocycles. The quantitative estimate of drug-likeness (QED) is 0.201. The maximum Gasteiger partial charge on any atom is 0.275 e. The molecule has 0 atom stereocenters. The van der Waals surface area contributed by atoms with Gasteiger partial charge in [0.15, 0.2) is 0 Å². The van der Waals surface area contributed by atoms with Gasteiger partial charge in [-0.1, -0.05) is 48.6 Å². The van der Waals surface area contributed by atoms with E-state index in [1.807, 2.05) is 43.3 Å². The number of ether oxygens (including phenoxy) is 1.